The Hall–Kier alpha value is 2.66. The van der Waals surface area contributed by atoms with Crippen LogP contribution in [-0.4, -0.2) is 132 Å². The first-order valence-electron chi connectivity index (χ1n) is 1.77. The molecule has 0 fully saturated rings. The van der Waals surface area contributed by atoms with Crippen LogP contribution < -0.4 is 5.73 Å². The fraction of sp³-hybridized carbons (Fsp3) is 0.667. The Morgan fingerprint density at radius 2 is 1.89 bits per heavy atom. The van der Waals surface area contributed by atoms with Crippen molar-refractivity contribution in [3.63, 3.8) is 0 Å². The molecule has 0 aliphatic carbocycles. The Morgan fingerprint density at radius 3 is 1.89 bits per heavy atom. The summed E-state index contributed by atoms with van der Waals surface area (Å²) >= 11 is 0. The molecule has 9 heavy (non-hydrogen) atoms. The molecule has 4 N–H and O–H groups in total. The van der Waals surface area contributed by atoms with Gasteiger partial charge < -0.3 is 15.9 Å². The predicted octanol–water partition coefficient (Wildman–Crippen LogP) is -2.91. The van der Waals surface area contributed by atoms with Crippen molar-refractivity contribution in [2.45, 2.75) is 6.04 Å². The molecule has 0 aromatic heterocycles. The molecule has 0 bridgehead atoms. The van der Waals surface area contributed by atoms with Crippen molar-refractivity contribution in [3.05, 3.63) is 0 Å². The zero-order chi connectivity index (χ0) is 5.86. The van der Waals surface area contributed by atoms with Crippen LogP contribution in [0.4, 0.5) is 0 Å². The molecule has 0 spiro atoms. The second-order valence-corrected chi connectivity index (χ2v) is 1.13. The minimum atomic E-state index is -1.18. The summed E-state index contributed by atoms with van der Waals surface area (Å²) in [7, 11) is 0. The third kappa shape index (κ3) is 10.7. The van der Waals surface area contributed by atoms with Gasteiger partial charge in [0.1, 0.15) is 6.04 Å². The molecule has 0 radical (unpaired) electrons. The zero-order valence-electron chi connectivity index (χ0n) is 3.66. The molecule has 46 valence electrons. The van der Waals surface area contributed by atoms with Crippen LogP contribution in [0.15, 0.2) is 0 Å². The molecule has 0 unspecified atom stereocenters. The normalized spacial score (nSPS) is 10.4. The van der Waals surface area contributed by atoms with E-state index in [1.807, 2.05) is 0 Å². The van der Waals surface area contributed by atoms with Gasteiger partial charge in [-0.25, -0.2) is 0 Å². The van der Waals surface area contributed by atoms with E-state index >= 15 is 0 Å². The Bertz CT molecular complexity index is 79.5. The predicted molar refractivity (Wildman–Crippen MR) is 37.0 cm³/mol. The number of carbonyl (C=O) groups is 1. The Labute approximate surface area is 138 Å². The first kappa shape index (κ1) is 17.7. The molecule has 0 heterocycles. The SMILES string of the molecule is N[C@@H](CO)C(=O)O.[KH].[KH]. The summed E-state index contributed by atoms with van der Waals surface area (Å²) in [5, 5.41) is 15.9. The molecule has 0 saturated carbocycles. The average Bonchev–Trinajstić information content (AvgIpc) is 1.65. The first-order chi connectivity index (χ1) is 3.18. The summed E-state index contributed by atoms with van der Waals surface area (Å²) in [4.78, 5) is 9.65. The van der Waals surface area contributed by atoms with Gasteiger partial charge in [-0.2, -0.15) is 0 Å². The standard InChI is InChI=1S/C3H7NO3.2K.2H/c4-2(1-5)3(6)7;;;;/h2,5H,1,4H2,(H,6,7);;;;/t2-;;;;/m0..../s1. The summed E-state index contributed by atoms with van der Waals surface area (Å²) < 4.78 is 0. The van der Waals surface area contributed by atoms with E-state index in [0.29, 0.717) is 0 Å². The second kappa shape index (κ2) is 10.7. The molecular formula is C3H9K2NO3. The van der Waals surface area contributed by atoms with Crippen molar-refractivity contribution < 1.29 is 15.0 Å². The van der Waals surface area contributed by atoms with E-state index in [-0.39, 0.29) is 103 Å². The van der Waals surface area contributed by atoms with Crippen molar-refractivity contribution in [3.8, 4) is 0 Å². The first-order valence-corrected chi connectivity index (χ1v) is 1.77. The molecule has 0 aromatic carbocycles. The van der Waals surface area contributed by atoms with E-state index in [1.165, 1.54) is 0 Å². The van der Waals surface area contributed by atoms with E-state index in [0.717, 1.165) is 0 Å². The van der Waals surface area contributed by atoms with Gasteiger partial charge in [0.25, 0.3) is 0 Å². The Kier molecular flexibility index (Phi) is 20.9. The number of carboxylic acids is 1. The topological polar surface area (TPSA) is 83.5 Å². The van der Waals surface area contributed by atoms with Crippen LogP contribution in [-0.2, 0) is 4.79 Å². The monoisotopic (exact) mass is 185 g/mol. The van der Waals surface area contributed by atoms with Crippen molar-refractivity contribution in [2.24, 2.45) is 5.73 Å². The van der Waals surface area contributed by atoms with Crippen LogP contribution in [0.25, 0.3) is 0 Å². The summed E-state index contributed by atoms with van der Waals surface area (Å²) in [5.74, 6) is -1.18. The molecule has 0 aliphatic rings. The van der Waals surface area contributed by atoms with Crippen LogP contribution in [0.5, 0.6) is 0 Å². The fourth-order valence-electron chi connectivity index (χ4n) is 0.0781. The number of carboxylic acid groups (broad SMARTS) is 1. The van der Waals surface area contributed by atoms with Gasteiger partial charge in [0.2, 0.25) is 0 Å². The Balaban J connectivity index is -0.000000180. The van der Waals surface area contributed by atoms with E-state index in [1.54, 1.807) is 0 Å². The summed E-state index contributed by atoms with van der Waals surface area (Å²) in [6, 6.07) is -1.13. The van der Waals surface area contributed by atoms with Gasteiger partial charge in [0, 0.05) is 0 Å². The van der Waals surface area contributed by atoms with Crippen molar-refractivity contribution >= 4 is 109 Å². The van der Waals surface area contributed by atoms with E-state index in [2.05, 4.69) is 0 Å². The van der Waals surface area contributed by atoms with Crippen molar-refractivity contribution in [1.82, 2.24) is 0 Å². The molecule has 0 aliphatic heterocycles. The molecule has 0 amide bonds. The molecule has 0 aromatic rings. The Morgan fingerprint density at radius 1 is 1.56 bits per heavy atom. The molecule has 0 rings (SSSR count). The number of aliphatic hydroxyl groups excluding tert-OH is 1. The fourth-order valence-corrected chi connectivity index (χ4v) is 0.0781. The molecule has 1 atom stereocenters. The summed E-state index contributed by atoms with van der Waals surface area (Å²) in [6.07, 6.45) is 0. The van der Waals surface area contributed by atoms with Gasteiger partial charge in [-0.15, -0.1) is 0 Å². The molecule has 6 heteroatoms. The van der Waals surface area contributed by atoms with Crippen LogP contribution in [0, 0.1) is 0 Å². The molecule has 4 nitrogen and oxygen atoms in total. The van der Waals surface area contributed by atoms with Crippen molar-refractivity contribution in [2.75, 3.05) is 6.61 Å². The maximum absolute atomic E-state index is 9.65. The number of rotatable bonds is 2. The van der Waals surface area contributed by atoms with Gasteiger partial charge in [-0.3, -0.25) is 4.79 Å². The number of hydrogen-bond donors (Lipinski definition) is 3. The third-order valence-electron chi connectivity index (χ3n) is 0.514. The average molecular weight is 185 g/mol. The van der Waals surface area contributed by atoms with E-state index < -0.39 is 18.6 Å². The van der Waals surface area contributed by atoms with Crippen LogP contribution in [0.3, 0.4) is 0 Å². The van der Waals surface area contributed by atoms with Crippen molar-refractivity contribution in [1.29, 1.82) is 0 Å². The van der Waals surface area contributed by atoms with Gasteiger partial charge in [0.15, 0.2) is 0 Å². The maximum atomic E-state index is 9.65. The number of nitrogens with two attached hydrogens (primary N) is 1. The quantitative estimate of drug-likeness (QED) is 0.403. The van der Waals surface area contributed by atoms with E-state index in [9.17, 15) is 4.79 Å². The zero-order valence-corrected chi connectivity index (χ0v) is 3.66. The van der Waals surface area contributed by atoms with Crippen LogP contribution in [0.1, 0.15) is 0 Å². The van der Waals surface area contributed by atoms with Crippen LogP contribution >= 0.6 is 0 Å². The van der Waals surface area contributed by atoms with E-state index in [4.69, 9.17) is 15.9 Å². The third-order valence-corrected chi connectivity index (χ3v) is 0.514. The summed E-state index contributed by atoms with van der Waals surface area (Å²) in [5.41, 5.74) is 4.77. The van der Waals surface area contributed by atoms with Gasteiger partial charge in [-0.05, 0) is 0 Å². The minimum absolute atomic E-state index is 0. The number of aliphatic hydroxyl groups is 1. The number of hydrogen-bond acceptors (Lipinski definition) is 3. The second-order valence-electron chi connectivity index (χ2n) is 1.13. The van der Waals surface area contributed by atoms with Gasteiger partial charge in [-0.1, -0.05) is 0 Å². The summed E-state index contributed by atoms with van der Waals surface area (Å²) in [6.45, 7) is -0.505. The molecular weight excluding hydrogens is 176 g/mol. The molecule has 0 saturated heterocycles. The van der Waals surface area contributed by atoms with Crippen LogP contribution in [0.2, 0.25) is 0 Å². The van der Waals surface area contributed by atoms with Gasteiger partial charge >= 0.3 is 109 Å². The number of aliphatic carboxylic acids is 1. The van der Waals surface area contributed by atoms with Gasteiger partial charge in [0.05, 0.1) is 6.61 Å².